The van der Waals surface area contributed by atoms with Crippen LogP contribution in [0, 0.1) is 0 Å². The number of thiocarbonyl (C=S) groups is 1. The van der Waals surface area contributed by atoms with Gasteiger partial charge in [0.2, 0.25) is 0 Å². The van der Waals surface area contributed by atoms with Crippen molar-refractivity contribution in [2.45, 2.75) is 0 Å². The van der Waals surface area contributed by atoms with Crippen molar-refractivity contribution in [1.82, 2.24) is 5.43 Å². The first-order valence-corrected chi connectivity index (χ1v) is 7.21. The third-order valence-corrected chi connectivity index (χ3v) is 2.80. The fourth-order valence-electron chi connectivity index (χ4n) is 1.75. The molecule has 0 heterocycles. The quantitative estimate of drug-likeness (QED) is 0.428. The molecule has 4 N–H and O–H groups in total. The van der Waals surface area contributed by atoms with E-state index in [0.29, 0.717) is 11.3 Å². The molecule has 0 radical (unpaired) electrons. The van der Waals surface area contributed by atoms with Gasteiger partial charge < -0.3 is 15.8 Å². The summed E-state index contributed by atoms with van der Waals surface area (Å²) < 4.78 is 5.53. The van der Waals surface area contributed by atoms with Gasteiger partial charge in [-0.25, -0.2) is 0 Å². The van der Waals surface area contributed by atoms with E-state index < -0.39 is 0 Å². The lowest BCUT2D eigenvalue weighted by Crippen LogP contribution is -2.24. The Kier molecular flexibility index (Phi) is 6.07. The summed E-state index contributed by atoms with van der Waals surface area (Å²) in [6, 6.07) is 16.4. The van der Waals surface area contributed by atoms with Crippen LogP contribution in [0.5, 0.6) is 5.75 Å². The van der Waals surface area contributed by atoms with Crippen LogP contribution in [0.25, 0.3) is 0 Å². The van der Waals surface area contributed by atoms with E-state index in [2.05, 4.69) is 28.1 Å². The summed E-state index contributed by atoms with van der Waals surface area (Å²) >= 11 is 4.66. The van der Waals surface area contributed by atoms with E-state index in [9.17, 15) is 4.79 Å². The van der Waals surface area contributed by atoms with Gasteiger partial charge in [0.25, 0.3) is 5.91 Å². The summed E-state index contributed by atoms with van der Waals surface area (Å²) in [5, 5.41) is 6.69. The Bertz CT molecular complexity index is 704. The molecule has 0 bridgehead atoms. The number of amides is 1. The molecule has 0 saturated carbocycles. The van der Waals surface area contributed by atoms with Crippen LogP contribution in [-0.2, 0) is 4.79 Å². The van der Waals surface area contributed by atoms with Gasteiger partial charge in [0.1, 0.15) is 5.75 Å². The first-order valence-electron chi connectivity index (χ1n) is 6.80. The zero-order valence-electron chi connectivity index (χ0n) is 12.2. The SMILES string of the molecule is NC(=S)NN=Cc1ccccc1OCC(=O)Nc1ccccc1. The highest BCUT2D eigenvalue weighted by molar-refractivity contribution is 7.80. The van der Waals surface area contributed by atoms with Crippen molar-refractivity contribution in [3.8, 4) is 5.75 Å². The molecular formula is C16H16N4O2S. The van der Waals surface area contributed by atoms with Crippen molar-refractivity contribution in [2.75, 3.05) is 11.9 Å². The number of nitrogens with two attached hydrogens (primary N) is 1. The highest BCUT2D eigenvalue weighted by Gasteiger charge is 2.06. The summed E-state index contributed by atoms with van der Waals surface area (Å²) in [5.74, 6) is 0.286. The van der Waals surface area contributed by atoms with Crippen LogP contribution in [0.1, 0.15) is 5.56 Å². The summed E-state index contributed by atoms with van der Waals surface area (Å²) in [6.07, 6.45) is 1.52. The van der Waals surface area contributed by atoms with E-state index in [4.69, 9.17) is 10.5 Å². The Hall–Kier alpha value is -2.93. The lowest BCUT2D eigenvalue weighted by molar-refractivity contribution is -0.118. The van der Waals surface area contributed by atoms with Crippen LogP contribution >= 0.6 is 12.2 Å². The average Bonchev–Trinajstić information content (AvgIpc) is 2.54. The smallest absolute Gasteiger partial charge is 0.262 e. The summed E-state index contributed by atoms with van der Waals surface area (Å²) in [6.45, 7) is -0.109. The number of para-hydroxylation sites is 2. The number of hydrazone groups is 1. The maximum absolute atomic E-state index is 11.9. The molecule has 0 aliphatic carbocycles. The number of hydrogen-bond donors (Lipinski definition) is 3. The molecule has 7 heteroatoms. The van der Waals surface area contributed by atoms with Gasteiger partial charge in [-0.2, -0.15) is 5.10 Å². The lowest BCUT2D eigenvalue weighted by Gasteiger charge is -2.09. The van der Waals surface area contributed by atoms with Crippen LogP contribution in [0.15, 0.2) is 59.7 Å². The van der Waals surface area contributed by atoms with E-state index in [1.165, 1.54) is 6.21 Å². The summed E-state index contributed by atoms with van der Waals surface area (Å²) in [7, 11) is 0. The second-order valence-corrected chi connectivity index (χ2v) is 4.91. The number of nitrogens with one attached hydrogen (secondary N) is 2. The van der Waals surface area contributed by atoms with Crippen molar-refractivity contribution in [3.05, 3.63) is 60.2 Å². The fraction of sp³-hybridized carbons (Fsp3) is 0.0625. The van der Waals surface area contributed by atoms with Crippen LogP contribution in [0.2, 0.25) is 0 Å². The number of nitrogens with zero attached hydrogens (tertiary/aromatic N) is 1. The lowest BCUT2D eigenvalue weighted by atomic mass is 10.2. The van der Waals surface area contributed by atoms with Crippen molar-refractivity contribution < 1.29 is 9.53 Å². The van der Waals surface area contributed by atoms with E-state index in [-0.39, 0.29) is 17.6 Å². The molecule has 0 aromatic heterocycles. The molecule has 1 amide bonds. The zero-order valence-corrected chi connectivity index (χ0v) is 13.0. The number of ether oxygens (including phenoxy) is 1. The van der Waals surface area contributed by atoms with Crippen LogP contribution in [-0.4, -0.2) is 23.8 Å². The molecule has 0 fully saturated rings. The Morgan fingerprint density at radius 1 is 1.17 bits per heavy atom. The Morgan fingerprint density at radius 3 is 2.61 bits per heavy atom. The summed E-state index contributed by atoms with van der Waals surface area (Å²) in [5.41, 5.74) is 9.17. The topological polar surface area (TPSA) is 88.7 Å². The minimum absolute atomic E-state index is 0.0712. The second-order valence-electron chi connectivity index (χ2n) is 4.47. The van der Waals surface area contributed by atoms with Gasteiger partial charge in [-0.3, -0.25) is 10.2 Å². The molecule has 6 nitrogen and oxygen atoms in total. The van der Waals surface area contributed by atoms with Gasteiger partial charge in [-0.15, -0.1) is 0 Å². The predicted molar refractivity (Wildman–Crippen MR) is 94.5 cm³/mol. The molecule has 118 valence electrons. The maximum atomic E-state index is 11.9. The van der Waals surface area contributed by atoms with E-state index in [1.807, 2.05) is 30.3 Å². The Morgan fingerprint density at radius 2 is 1.87 bits per heavy atom. The molecule has 2 rings (SSSR count). The minimum Gasteiger partial charge on any atom is -0.483 e. The third-order valence-electron chi connectivity index (χ3n) is 2.71. The highest BCUT2D eigenvalue weighted by Crippen LogP contribution is 2.16. The van der Waals surface area contributed by atoms with Gasteiger partial charge in [0.15, 0.2) is 11.7 Å². The molecule has 23 heavy (non-hydrogen) atoms. The number of carbonyl (C=O) groups is 1. The van der Waals surface area contributed by atoms with Gasteiger partial charge in [0, 0.05) is 11.3 Å². The van der Waals surface area contributed by atoms with Crippen LogP contribution < -0.4 is 21.2 Å². The Balaban J connectivity index is 1.93. The first-order chi connectivity index (χ1) is 11.1. The fourth-order valence-corrected chi connectivity index (χ4v) is 1.80. The molecule has 2 aromatic rings. The Labute approximate surface area is 139 Å². The molecule has 2 aromatic carbocycles. The van der Waals surface area contributed by atoms with Crippen molar-refractivity contribution >= 4 is 35.1 Å². The summed E-state index contributed by atoms with van der Waals surface area (Å²) in [4.78, 5) is 11.9. The minimum atomic E-state index is -0.246. The molecule has 0 saturated heterocycles. The zero-order chi connectivity index (χ0) is 16.5. The number of hydrogen-bond acceptors (Lipinski definition) is 4. The number of carbonyl (C=O) groups excluding carboxylic acids is 1. The van der Waals surface area contributed by atoms with Gasteiger partial charge in [0.05, 0.1) is 6.21 Å². The van der Waals surface area contributed by atoms with Gasteiger partial charge >= 0.3 is 0 Å². The van der Waals surface area contributed by atoms with Crippen molar-refractivity contribution in [2.24, 2.45) is 10.8 Å². The first kappa shape index (κ1) is 16.4. The van der Waals surface area contributed by atoms with Crippen LogP contribution in [0.4, 0.5) is 5.69 Å². The third kappa shape index (κ3) is 5.76. The molecule has 0 aliphatic heterocycles. The van der Waals surface area contributed by atoms with E-state index in [0.717, 1.165) is 5.69 Å². The highest BCUT2D eigenvalue weighted by atomic mass is 32.1. The van der Waals surface area contributed by atoms with E-state index in [1.54, 1.807) is 24.3 Å². The largest absolute Gasteiger partial charge is 0.483 e. The molecule has 0 atom stereocenters. The maximum Gasteiger partial charge on any atom is 0.262 e. The van der Waals surface area contributed by atoms with Crippen molar-refractivity contribution in [3.63, 3.8) is 0 Å². The predicted octanol–water partition coefficient (Wildman–Crippen LogP) is 1.87. The molecule has 0 aliphatic rings. The normalized spacial score (nSPS) is 10.3. The number of anilines is 1. The van der Waals surface area contributed by atoms with E-state index >= 15 is 0 Å². The number of rotatable bonds is 6. The van der Waals surface area contributed by atoms with Gasteiger partial charge in [-0.1, -0.05) is 30.3 Å². The van der Waals surface area contributed by atoms with Crippen molar-refractivity contribution in [1.29, 1.82) is 0 Å². The van der Waals surface area contributed by atoms with Gasteiger partial charge in [-0.05, 0) is 36.5 Å². The second kappa shape index (κ2) is 8.50. The standard InChI is InChI=1S/C16H16N4O2S/c17-16(23)20-18-10-12-6-4-5-9-14(12)22-11-15(21)19-13-7-2-1-3-8-13/h1-10H,11H2,(H,19,21)(H3,17,20,23). The molecular weight excluding hydrogens is 312 g/mol. The monoisotopic (exact) mass is 328 g/mol. The number of benzene rings is 2. The van der Waals surface area contributed by atoms with Crippen LogP contribution in [0.3, 0.4) is 0 Å². The molecule has 0 spiro atoms. The molecule has 0 unspecified atom stereocenters. The average molecular weight is 328 g/mol.